The van der Waals surface area contributed by atoms with Gasteiger partial charge >= 0.3 is 0 Å². The zero-order valence-corrected chi connectivity index (χ0v) is 9.64. The van der Waals surface area contributed by atoms with E-state index < -0.39 is 17.5 Å². The summed E-state index contributed by atoms with van der Waals surface area (Å²) in [5.41, 5.74) is -2.08. The topological polar surface area (TPSA) is 42.0 Å². The largest absolute Gasteiger partial charge is 0.348 e. The van der Waals surface area contributed by atoms with Crippen molar-refractivity contribution in [2.75, 3.05) is 0 Å². The van der Waals surface area contributed by atoms with Gasteiger partial charge in [-0.25, -0.2) is 13.2 Å². The fourth-order valence-corrected chi connectivity index (χ4v) is 1.17. The van der Waals surface area contributed by atoms with Crippen LogP contribution >= 0.6 is 11.6 Å². The number of aromatic nitrogens is 1. The van der Waals surface area contributed by atoms with Crippen LogP contribution in [0.15, 0.2) is 18.5 Å². The van der Waals surface area contributed by atoms with E-state index in [1.54, 1.807) is 0 Å². The van der Waals surface area contributed by atoms with Gasteiger partial charge in [-0.05, 0) is 11.6 Å². The summed E-state index contributed by atoms with van der Waals surface area (Å²) in [7, 11) is 0. The maximum atomic E-state index is 13.0. The van der Waals surface area contributed by atoms with Crippen molar-refractivity contribution in [1.82, 2.24) is 10.3 Å². The van der Waals surface area contributed by atoms with E-state index in [1.165, 1.54) is 12.3 Å². The van der Waals surface area contributed by atoms with Gasteiger partial charge < -0.3 is 5.32 Å². The molecule has 0 aliphatic carbocycles. The van der Waals surface area contributed by atoms with Gasteiger partial charge in [0.1, 0.15) is 0 Å². The molecular formula is C10H10ClF3N2O. The van der Waals surface area contributed by atoms with E-state index in [1.807, 2.05) is 0 Å². The van der Waals surface area contributed by atoms with E-state index in [0.29, 0.717) is 5.56 Å². The molecule has 0 saturated carbocycles. The molecule has 1 amide bonds. The van der Waals surface area contributed by atoms with Crippen LogP contribution in [0.1, 0.15) is 18.1 Å². The molecule has 0 aliphatic rings. The monoisotopic (exact) mass is 266 g/mol. The second-order valence-electron chi connectivity index (χ2n) is 3.49. The van der Waals surface area contributed by atoms with E-state index in [2.05, 4.69) is 10.3 Å². The predicted octanol–water partition coefficient (Wildman–Crippen LogP) is 2.34. The van der Waals surface area contributed by atoms with Crippen molar-refractivity contribution in [3.8, 4) is 0 Å². The lowest BCUT2D eigenvalue weighted by Gasteiger charge is -2.11. The molecule has 0 aromatic carbocycles. The lowest BCUT2D eigenvalue weighted by molar-refractivity contribution is -0.123. The zero-order chi connectivity index (χ0) is 13.1. The molecule has 94 valence electrons. The Morgan fingerprint density at radius 1 is 1.59 bits per heavy atom. The van der Waals surface area contributed by atoms with Gasteiger partial charge in [-0.1, -0.05) is 11.6 Å². The van der Waals surface area contributed by atoms with Gasteiger partial charge in [-0.2, -0.15) is 0 Å². The van der Waals surface area contributed by atoms with Crippen LogP contribution in [-0.2, 0) is 17.3 Å². The molecule has 0 bridgehead atoms. The molecule has 1 N–H and O–H groups in total. The second kappa shape index (κ2) is 5.35. The molecule has 0 fully saturated rings. The average Bonchev–Trinajstić information content (AvgIpc) is 2.25. The Balaban J connectivity index is 2.70. The number of alkyl halides is 4. The molecule has 0 saturated heterocycles. The number of halogens is 4. The molecule has 0 radical (unpaired) electrons. The van der Waals surface area contributed by atoms with Crippen molar-refractivity contribution < 1.29 is 18.0 Å². The van der Waals surface area contributed by atoms with Crippen molar-refractivity contribution in [2.24, 2.45) is 0 Å². The van der Waals surface area contributed by atoms with Crippen LogP contribution in [0.4, 0.5) is 13.2 Å². The molecule has 0 spiro atoms. The normalized spacial score (nSPS) is 13.2. The number of carbonyl (C=O) groups excluding carboxylic acids is 1. The van der Waals surface area contributed by atoms with Crippen LogP contribution in [0, 0.1) is 0 Å². The number of carbonyl (C=O) groups is 1. The van der Waals surface area contributed by atoms with E-state index in [-0.39, 0.29) is 12.1 Å². The molecule has 1 aromatic rings. The lowest BCUT2D eigenvalue weighted by Crippen LogP contribution is -2.28. The molecular weight excluding hydrogens is 257 g/mol. The van der Waals surface area contributed by atoms with Crippen molar-refractivity contribution in [3.05, 3.63) is 29.6 Å². The third-order valence-corrected chi connectivity index (χ3v) is 2.16. The number of nitrogens with one attached hydrogen (secondary N) is 1. The molecule has 7 heteroatoms. The van der Waals surface area contributed by atoms with Crippen molar-refractivity contribution in [1.29, 1.82) is 0 Å². The number of rotatable bonds is 4. The lowest BCUT2D eigenvalue weighted by atomic mass is 10.1. The summed E-state index contributed by atoms with van der Waals surface area (Å²) in [5.74, 6) is -4.03. The van der Waals surface area contributed by atoms with E-state index in [0.717, 1.165) is 13.1 Å². The summed E-state index contributed by atoms with van der Waals surface area (Å²) < 4.78 is 38.2. The molecule has 1 heterocycles. The number of amides is 1. The highest BCUT2D eigenvalue weighted by atomic mass is 35.5. The first-order valence-electron chi connectivity index (χ1n) is 4.69. The van der Waals surface area contributed by atoms with Gasteiger partial charge in [0.15, 0.2) is 0 Å². The van der Waals surface area contributed by atoms with Gasteiger partial charge in [-0.3, -0.25) is 9.78 Å². The molecule has 3 nitrogen and oxygen atoms in total. The Morgan fingerprint density at radius 3 is 2.76 bits per heavy atom. The third kappa shape index (κ3) is 4.22. The summed E-state index contributed by atoms with van der Waals surface area (Å²) in [6.07, 6.45) is 2.34. The first kappa shape index (κ1) is 13.8. The number of pyridine rings is 1. The minimum Gasteiger partial charge on any atom is -0.348 e. The van der Waals surface area contributed by atoms with Crippen LogP contribution in [-0.4, -0.2) is 16.5 Å². The van der Waals surface area contributed by atoms with Crippen LogP contribution in [0.3, 0.4) is 0 Å². The minimum absolute atomic E-state index is 0.108. The smallest absolute Gasteiger partial charge is 0.272 e. The summed E-state index contributed by atoms with van der Waals surface area (Å²) in [6.45, 7) is 0.631. The van der Waals surface area contributed by atoms with E-state index >= 15 is 0 Å². The van der Waals surface area contributed by atoms with Gasteiger partial charge in [0.25, 0.3) is 17.5 Å². The Hall–Kier alpha value is -1.30. The Bertz CT molecular complexity index is 407. The fourth-order valence-electron chi connectivity index (χ4n) is 1.09. The molecule has 1 unspecified atom stereocenters. The van der Waals surface area contributed by atoms with Gasteiger partial charge in [0.2, 0.25) is 0 Å². The summed E-state index contributed by atoms with van der Waals surface area (Å²) in [5, 5.41) is 2.15. The Labute approximate surface area is 101 Å². The molecule has 17 heavy (non-hydrogen) atoms. The zero-order valence-electron chi connectivity index (χ0n) is 8.88. The van der Waals surface area contributed by atoms with Crippen LogP contribution in [0.2, 0.25) is 0 Å². The SMILES string of the molecule is CC(F)(F)c1cncc(CNC(=O)C(F)Cl)c1. The van der Waals surface area contributed by atoms with Gasteiger partial charge in [-0.15, -0.1) is 0 Å². The van der Waals surface area contributed by atoms with E-state index in [4.69, 9.17) is 11.6 Å². The highest BCUT2D eigenvalue weighted by Gasteiger charge is 2.24. The molecule has 1 atom stereocenters. The average molecular weight is 267 g/mol. The summed E-state index contributed by atoms with van der Waals surface area (Å²) in [6, 6.07) is 1.19. The van der Waals surface area contributed by atoms with Crippen LogP contribution in [0.25, 0.3) is 0 Å². The standard InChI is InChI=1S/C10H10ClF3N2O/c1-10(13,14)7-2-6(3-15-5-7)4-16-9(17)8(11)12/h2-3,5,8H,4H2,1H3,(H,16,17). The number of hydrogen-bond donors (Lipinski definition) is 1. The Morgan fingerprint density at radius 2 is 2.24 bits per heavy atom. The number of hydrogen-bond acceptors (Lipinski definition) is 2. The van der Waals surface area contributed by atoms with Gasteiger partial charge in [0, 0.05) is 31.4 Å². The van der Waals surface area contributed by atoms with Crippen LogP contribution in [0.5, 0.6) is 0 Å². The third-order valence-electron chi connectivity index (χ3n) is 1.97. The van der Waals surface area contributed by atoms with Crippen molar-refractivity contribution >= 4 is 17.5 Å². The molecule has 1 aromatic heterocycles. The highest BCUT2D eigenvalue weighted by molar-refractivity contribution is 6.29. The number of nitrogens with zero attached hydrogens (tertiary/aromatic N) is 1. The van der Waals surface area contributed by atoms with Crippen LogP contribution < -0.4 is 5.32 Å². The highest BCUT2D eigenvalue weighted by Crippen LogP contribution is 2.26. The molecule has 0 aliphatic heterocycles. The molecule has 1 rings (SSSR count). The minimum atomic E-state index is -3.01. The second-order valence-corrected chi connectivity index (χ2v) is 3.87. The predicted molar refractivity (Wildman–Crippen MR) is 56.4 cm³/mol. The van der Waals surface area contributed by atoms with Gasteiger partial charge in [0.05, 0.1) is 0 Å². The summed E-state index contributed by atoms with van der Waals surface area (Å²) in [4.78, 5) is 14.4. The summed E-state index contributed by atoms with van der Waals surface area (Å²) >= 11 is 4.88. The van der Waals surface area contributed by atoms with Crippen molar-refractivity contribution in [2.45, 2.75) is 25.0 Å². The maximum absolute atomic E-state index is 13.0. The maximum Gasteiger partial charge on any atom is 0.272 e. The van der Waals surface area contributed by atoms with Crippen molar-refractivity contribution in [3.63, 3.8) is 0 Å². The van der Waals surface area contributed by atoms with E-state index in [9.17, 15) is 18.0 Å². The first-order chi connectivity index (χ1) is 7.80. The quantitative estimate of drug-likeness (QED) is 0.850. The Kier molecular flexibility index (Phi) is 4.34. The first-order valence-corrected chi connectivity index (χ1v) is 5.12. The fraction of sp³-hybridized carbons (Fsp3) is 0.400.